The Morgan fingerprint density at radius 3 is 2.67 bits per heavy atom. The molecule has 5 heteroatoms. The third-order valence-electron chi connectivity index (χ3n) is 3.63. The summed E-state index contributed by atoms with van der Waals surface area (Å²) in [6.07, 6.45) is 4.75. The van der Waals surface area contributed by atoms with Gasteiger partial charge in [-0.05, 0) is 46.5 Å². The van der Waals surface area contributed by atoms with Crippen LogP contribution in [0.2, 0.25) is 0 Å². The summed E-state index contributed by atoms with van der Waals surface area (Å²) in [5.41, 5.74) is 0. The van der Waals surface area contributed by atoms with Crippen molar-refractivity contribution in [1.29, 1.82) is 0 Å². The monoisotopic (exact) mass is 272 g/mol. The van der Waals surface area contributed by atoms with Gasteiger partial charge < -0.3 is 15.5 Å². The van der Waals surface area contributed by atoms with E-state index in [1.807, 2.05) is 18.8 Å². The zero-order chi connectivity index (χ0) is 13.6. The summed E-state index contributed by atoms with van der Waals surface area (Å²) >= 11 is 1.87. The molecule has 1 fully saturated rings. The van der Waals surface area contributed by atoms with Crippen molar-refractivity contribution in [2.45, 2.75) is 37.5 Å². The fourth-order valence-electron chi connectivity index (χ4n) is 2.04. The standard InChI is InChI=1S/C13H28N4S/c1-13(2,18-5)10-16-12(14-3)15-9-11-7-6-8-17(11)4/h11H,6-10H2,1-5H3,(H2,14,15,16). The first-order valence-electron chi connectivity index (χ1n) is 6.68. The van der Waals surface area contributed by atoms with Crippen molar-refractivity contribution in [2.24, 2.45) is 4.99 Å². The number of rotatable bonds is 5. The maximum absolute atomic E-state index is 4.28. The van der Waals surface area contributed by atoms with Crippen LogP contribution in [0.15, 0.2) is 4.99 Å². The first kappa shape index (κ1) is 15.6. The molecule has 2 N–H and O–H groups in total. The number of likely N-dealkylation sites (N-methyl/N-ethyl adjacent to an activating group) is 1. The second-order valence-corrected chi connectivity index (χ2v) is 7.06. The van der Waals surface area contributed by atoms with E-state index in [9.17, 15) is 0 Å². The van der Waals surface area contributed by atoms with Gasteiger partial charge in [0.05, 0.1) is 0 Å². The third-order valence-corrected chi connectivity index (χ3v) is 4.88. The van der Waals surface area contributed by atoms with Gasteiger partial charge in [0, 0.05) is 30.9 Å². The lowest BCUT2D eigenvalue weighted by Crippen LogP contribution is -2.47. The predicted molar refractivity (Wildman–Crippen MR) is 82.6 cm³/mol. The molecule has 4 nitrogen and oxygen atoms in total. The van der Waals surface area contributed by atoms with Crippen LogP contribution in [-0.2, 0) is 0 Å². The molecule has 0 bridgehead atoms. The normalized spacial score (nSPS) is 22.3. The number of thioether (sulfide) groups is 1. The highest BCUT2D eigenvalue weighted by molar-refractivity contribution is 7.99. The molecule has 0 saturated carbocycles. The van der Waals surface area contributed by atoms with Gasteiger partial charge >= 0.3 is 0 Å². The quantitative estimate of drug-likeness (QED) is 0.586. The lowest BCUT2D eigenvalue weighted by Gasteiger charge is -2.25. The van der Waals surface area contributed by atoms with E-state index in [4.69, 9.17) is 0 Å². The molecule has 0 aromatic rings. The number of hydrogen-bond donors (Lipinski definition) is 2. The summed E-state index contributed by atoms with van der Waals surface area (Å²) < 4.78 is 0.238. The van der Waals surface area contributed by atoms with Crippen molar-refractivity contribution in [3.8, 4) is 0 Å². The Kier molecular flexibility index (Phi) is 6.29. The van der Waals surface area contributed by atoms with Crippen LogP contribution in [0.3, 0.4) is 0 Å². The Balaban J connectivity index is 2.30. The van der Waals surface area contributed by atoms with E-state index in [1.54, 1.807) is 0 Å². The summed E-state index contributed by atoms with van der Waals surface area (Å²) in [6.45, 7) is 7.60. The minimum absolute atomic E-state index is 0.238. The lowest BCUT2D eigenvalue weighted by molar-refractivity contribution is 0.309. The van der Waals surface area contributed by atoms with Crippen molar-refractivity contribution in [3.63, 3.8) is 0 Å². The number of guanidine groups is 1. The zero-order valence-electron chi connectivity index (χ0n) is 12.4. The Bertz CT molecular complexity index is 278. The van der Waals surface area contributed by atoms with Crippen LogP contribution in [0.5, 0.6) is 0 Å². The van der Waals surface area contributed by atoms with Crippen molar-refractivity contribution >= 4 is 17.7 Å². The maximum atomic E-state index is 4.28. The summed E-state index contributed by atoms with van der Waals surface area (Å²) in [5, 5.41) is 6.83. The van der Waals surface area contributed by atoms with Crippen LogP contribution in [0, 0.1) is 0 Å². The molecule has 1 rings (SSSR count). The van der Waals surface area contributed by atoms with Crippen LogP contribution < -0.4 is 10.6 Å². The van der Waals surface area contributed by atoms with E-state index in [0.717, 1.165) is 19.0 Å². The molecule has 0 spiro atoms. The summed E-state index contributed by atoms with van der Waals surface area (Å²) in [5.74, 6) is 0.914. The molecule has 0 amide bonds. The van der Waals surface area contributed by atoms with Gasteiger partial charge in [0.1, 0.15) is 0 Å². The smallest absolute Gasteiger partial charge is 0.191 e. The van der Waals surface area contributed by atoms with Gasteiger partial charge in [-0.2, -0.15) is 11.8 Å². The first-order chi connectivity index (χ1) is 8.48. The van der Waals surface area contributed by atoms with Gasteiger partial charge in [-0.15, -0.1) is 0 Å². The summed E-state index contributed by atoms with van der Waals surface area (Å²) in [7, 11) is 4.03. The molecule has 1 saturated heterocycles. The molecule has 1 atom stereocenters. The molecule has 1 heterocycles. The number of likely N-dealkylation sites (tertiary alicyclic amines) is 1. The minimum atomic E-state index is 0.238. The Labute approximate surface area is 116 Å². The van der Waals surface area contributed by atoms with Gasteiger partial charge in [-0.25, -0.2) is 0 Å². The van der Waals surface area contributed by atoms with Gasteiger partial charge in [0.25, 0.3) is 0 Å². The molecule has 1 aliphatic heterocycles. The molecule has 0 aromatic carbocycles. The van der Waals surface area contributed by atoms with Crippen LogP contribution in [0.25, 0.3) is 0 Å². The fraction of sp³-hybridized carbons (Fsp3) is 0.923. The van der Waals surface area contributed by atoms with Gasteiger partial charge in [0.2, 0.25) is 0 Å². The largest absolute Gasteiger partial charge is 0.355 e. The average molecular weight is 272 g/mol. The predicted octanol–water partition coefficient (Wildman–Crippen LogP) is 1.39. The Hall–Kier alpha value is -0.420. The highest BCUT2D eigenvalue weighted by Crippen LogP contribution is 2.19. The molecule has 1 unspecified atom stereocenters. The highest BCUT2D eigenvalue weighted by Gasteiger charge is 2.21. The second kappa shape index (κ2) is 7.24. The van der Waals surface area contributed by atoms with Crippen molar-refractivity contribution in [3.05, 3.63) is 0 Å². The van der Waals surface area contributed by atoms with E-state index in [2.05, 4.69) is 47.7 Å². The fourth-order valence-corrected chi connectivity index (χ4v) is 2.26. The Morgan fingerprint density at radius 1 is 1.44 bits per heavy atom. The van der Waals surface area contributed by atoms with Crippen LogP contribution in [-0.4, -0.2) is 61.6 Å². The number of nitrogens with zero attached hydrogens (tertiary/aromatic N) is 2. The molecular weight excluding hydrogens is 244 g/mol. The second-order valence-electron chi connectivity index (χ2n) is 5.55. The molecule has 18 heavy (non-hydrogen) atoms. The molecular formula is C13H28N4S. The van der Waals surface area contributed by atoms with Gasteiger partial charge in [-0.1, -0.05) is 0 Å². The van der Waals surface area contributed by atoms with Gasteiger partial charge in [0.15, 0.2) is 5.96 Å². The van der Waals surface area contributed by atoms with Gasteiger partial charge in [-0.3, -0.25) is 4.99 Å². The lowest BCUT2D eigenvalue weighted by atomic mass is 10.2. The van der Waals surface area contributed by atoms with E-state index in [1.165, 1.54) is 19.4 Å². The minimum Gasteiger partial charge on any atom is -0.355 e. The van der Waals surface area contributed by atoms with Crippen molar-refractivity contribution < 1.29 is 0 Å². The molecule has 0 radical (unpaired) electrons. The van der Waals surface area contributed by atoms with E-state index in [-0.39, 0.29) is 4.75 Å². The summed E-state index contributed by atoms with van der Waals surface area (Å²) in [6, 6.07) is 0.650. The van der Waals surface area contributed by atoms with E-state index < -0.39 is 0 Å². The summed E-state index contributed by atoms with van der Waals surface area (Å²) in [4.78, 5) is 6.70. The third kappa shape index (κ3) is 5.06. The number of nitrogens with one attached hydrogen (secondary N) is 2. The Morgan fingerprint density at radius 2 is 2.17 bits per heavy atom. The van der Waals surface area contributed by atoms with Crippen molar-refractivity contribution in [1.82, 2.24) is 15.5 Å². The highest BCUT2D eigenvalue weighted by atomic mass is 32.2. The number of hydrogen-bond acceptors (Lipinski definition) is 3. The van der Waals surface area contributed by atoms with E-state index >= 15 is 0 Å². The van der Waals surface area contributed by atoms with E-state index in [0.29, 0.717) is 6.04 Å². The topological polar surface area (TPSA) is 39.7 Å². The van der Waals surface area contributed by atoms with Crippen LogP contribution >= 0.6 is 11.8 Å². The maximum Gasteiger partial charge on any atom is 0.191 e. The SMILES string of the molecule is CN=C(NCC1CCCN1C)NCC(C)(C)SC. The van der Waals surface area contributed by atoms with Crippen LogP contribution in [0.4, 0.5) is 0 Å². The molecule has 0 aromatic heterocycles. The van der Waals surface area contributed by atoms with Crippen molar-refractivity contribution in [2.75, 3.05) is 40.0 Å². The first-order valence-corrected chi connectivity index (χ1v) is 7.91. The molecule has 106 valence electrons. The number of aliphatic imine (C=N–C) groups is 1. The zero-order valence-corrected chi connectivity index (χ0v) is 13.2. The average Bonchev–Trinajstić information content (AvgIpc) is 2.75. The molecule has 0 aliphatic carbocycles. The van der Waals surface area contributed by atoms with Crippen LogP contribution in [0.1, 0.15) is 26.7 Å². The molecule has 1 aliphatic rings.